The van der Waals surface area contributed by atoms with Gasteiger partial charge in [0, 0.05) is 12.3 Å². The largest absolute Gasteiger partial charge is 0.452 e. The lowest BCUT2D eigenvalue weighted by Crippen LogP contribution is -2.07. The highest BCUT2D eigenvalue weighted by molar-refractivity contribution is 7.13. The third-order valence-corrected chi connectivity index (χ3v) is 4.50. The van der Waals surface area contributed by atoms with E-state index in [-0.39, 0.29) is 12.5 Å². The van der Waals surface area contributed by atoms with Gasteiger partial charge in [0.1, 0.15) is 0 Å². The summed E-state index contributed by atoms with van der Waals surface area (Å²) in [6.07, 6.45) is 0. The van der Waals surface area contributed by atoms with Crippen LogP contribution in [0.5, 0.6) is 0 Å². The number of carbonyl (C=O) groups excluding carboxylic acids is 1. The van der Waals surface area contributed by atoms with Crippen molar-refractivity contribution in [1.29, 1.82) is 0 Å². The van der Waals surface area contributed by atoms with Gasteiger partial charge in [-0.05, 0) is 23.6 Å². The van der Waals surface area contributed by atoms with E-state index >= 15 is 0 Å². The molecule has 124 valence electrons. The fourth-order valence-corrected chi connectivity index (χ4v) is 3.18. The molecule has 1 aromatic carbocycles. The van der Waals surface area contributed by atoms with Crippen LogP contribution in [0.4, 0.5) is 0 Å². The smallest absolute Gasteiger partial charge is 0.339 e. The first-order valence-corrected chi connectivity index (χ1v) is 8.48. The number of thiophene rings is 1. The highest BCUT2D eigenvalue weighted by Crippen LogP contribution is 2.28. The summed E-state index contributed by atoms with van der Waals surface area (Å²) in [7, 11) is 0. The molecule has 3 aromatic heterocycles. The molecule has 0 atom stereocenters. The lowest BCUT2D eigenvalue weighted by atomic mass is 10.1. The topological polar surface area (TPSA) is 78.1 Å². The van der Waals surface area contributed by atoms with Gasteiger partial charge in [-0.25, -0.2) is 9.78 Å². The number of aryl methyl sites for hydroxylation is 1. The van der Waals surface area contributed by atoms with E-state index in [2.05, 4.69) is 15.2 Å². The molecular formula is C18H13N3O3S. The van der Waals surface area contributed by atoms with Gasteiger partial charge >= 0.3 is 5.97 Å². The van der Waals surface area contributed by atoms with E-state index < -0.39 is 5.97 Å². The Kier molecular flexibility index (Phi) is 3.99. The van der Waals surface area contributed by atoms with Crippen molar-refractivity contribution < 1.29 is 13.9 Å². The Morgan fingerprint density at radius 1 is 1.20 bits per heavy atom. The summed E-state index contributed by atoms with van der Waals surface area (Å²) in [4.78, 5) is 18.3. The number of aromatic nitrogens is 3. The number of pyridine rings is 1. The third-order valence-electron chi connectivity index (χ3n) is 3.60. The number of ether oxygens (including phenoxy) is 1. The molecule has 0 N–H and O–H groups in total. The van der Waals surface area contributed by atoms with Crippen LogP contribution >= 0.6 is 11.3 Å². The van der Waals surface area contributed by atoms with E-state index in [0.717, 1.165) is 21.5 Å². The van der Waals surface area contributed by atoms with Crippen molar-refractivity contribution in [2.75, 3.05) is 0 Å². The molecule has 0 unspecified atom stereocenters. The highest BCUT2D eigenvalue weighted by atomic mass is 32.1. The first-order chi connectivity index (χ1) is 12.2. The quantitative estimate of drug-likeness (QED) is 0.517. The molecule has 0 fully saturated rings. The van der Waals surface area contributed by atoms with Crippen LogP contribution in [0.1, 0.15) is 22.1 Å². The predicted molar refractivity (Wildman–Crippen MR) is 93.2 cm³/mol. The van der Waals surface area contributed by atoms with Gasteiger partial charge in [-0.15, -0.1) is 21.5 Å². The minimum absolute atomic E-state index is 0.0648. The maximum atomic E-state index is 12.6. The molecule has 4 aromatic rings. The second-order valence-electron chi connectivity index (χ2n) is 5.34. The number of carbonyl (C=O) groups is 1. The van der Waals surface area contributed by atoms with Crippen molar-refractivity contribution in [3.05, 3.63) is 65.2 Å². The van der Waals surface area contributed by atoms with E-state index in [1.54, 1.807) is 24.3 Å². The van der Waals surface area contributed by atoms with Crippen molar-refractivity contribution >= 4 is 28.2 Å². The molecule has 7 heteroatoms. The maximum Gasteiger partial charge on any atom is 0.339 e. The number of nitrogens with zero attached hydrogens (tertiary/aromatic N) is 3. The van der Waals surface area contributed by atoms with Crippen molar-refractivity contribution in [2.24, 2.45) is 0 Å². The zero-order chi connectivity index (χ0) is 17.2. The number of rotatable bonds is 4. The summed E-state index contributed by atoms with van der Waals surface area (Å²) in [5.74, 6) is 0.246. The molecule has 0 aliphatic carbocycles. The van der Waals surface area contributed by atoms with Crippen LogP contribution in [0.2, 0.25) is 0 Å². The number of esters is 1. The summed E-state index contributed by atoms with van der Waals surface area (Å²) in [6.45, 7) is 1.62. The van der Waals surface area contributed by atoms with Crippen LogP contribution in [0.15, 0.2) is 52.3 Å². The average Bonchev–Trinajstić information content (AvgIpc) is 3.30. The molecule has 0 spiro atoms. The zero-order valence-electron chi connectivity index (χ0n) is 13.3. The van der Waals surface area contributed by atoms with Gasteiger partial charge < -0.3 is 9.15 Å². The fraction of sp³-hybridized carbons (Fsp3) is 0.111. The van der Waals surface area contributed by atoms with Gasteiger partial charge in [-0.1, -0.05) is 24.3 Å². The molecule has 0 saturated heterocycles. The molecule has 0 amide bonds. The first kappa shape index (κ1) is 15.5. The summed E-state index contributed by atoms with van der Waals surface area (Å²) < 4.78 is 10.6. The molecular weight excluding hydrogens is 338 g/mol. The molecule has 0 radical (unpaired) electrons. The van der Waals surface area contributed by atoms with Crippen LogP contribution in [-0.4, -0.2) is 21.2 Å². The van der Waals surface area contributed by atoms with Crippen LogP contribution in [0, 0.1) is 6.92 Å². The minimum Gasteiger partial charge on any atom is -0.452 e. The van der Waals surface area contributed by atoms with Gasteiger partial charge in [0.2, 0.25) is 5.89 Å². The predicted octanol–water partition coefficient (Wildman–Crippen LogP) is 4.01. The number of benzene rings is 1. The molecule has 0 saturated carbocycles. The molecule has 3 heterocycles. The Bertz CT molecular complexity index is 1040. The minimum atomic E-state index is -0.452. The maximum absolute atomic E-state index is 12.6. The molecule has 0 bridgehead atoms. The van der Waals surface area contributed by atoms with E-state index in [1.807, 2.05) is 41.8 Å². The van der Waals surface area contributed by atoms with Crippen molar-refractivity contribution in [3.63, 3.8) is 0 Å². The van der Waals surface area contributed by atoms with Crippen LogP contribution in [0.25, 0.3) is 21.5 Å². The number of para-hydroxylation sites is 1. The summed E-state index contributed by atoms with van der Waals surface area (Å²) in [6, 6.07) is 13.2. The Balaban J connectivity index is 1.70. The number of hydrogen-bond acceptors (Lipinski definition) is 7. The van der Waals surface area contributed by atoms with Crippen molar-refractivity contribution in [3.8, 4) is 10.6 Å². The van der Waals surface area contributed by atoms with Crippen molar-refractivity contribution in [1.82, 2.24) is 15.2 Å². The van der Waals surface area contributed by atoms with Gasteiger partial charge in [-0.2, -0.15) is 0 Å². The average molecular weight is 351 g/mol. The molecule has 0 aliphatic heterocycles. The van der Waals surface area contributed by atoms with Crippen molar-refractivity contribution in [2.45, 2.75) is 13.5 Å². The Morgan fingerprint density at radius 2 is 2.08 bits per heavy atom. The zero-order valence-corrected chi connectivity index (χ0v) is 14.1. The van der Waals surface area contributed by atoms with Gasteiger partial charge in [-0.3, -0.25) is 0 Å². The number of fused-ring (bicyclic) bond motifs is 1. The Morgan fingerprint density at radius 3 is 2.84 bits per heavy atom. The number of hydrogen-bond donors (Lipinski definition) is 0. The highest BCUT2D eigenvalue weighted by Gasteiger charge is 2.16. The summed E-state index contributed by atoms with van der Waals surface area (Å²) in [5.41, 5.74) is 1.95. The second-order valence-corrected chi connectivity index (χ2v) is 6.29. The molecule has 4 rings (SSSR count). The lowest BCUT2D eigenvalue weighted by Gasteiger charge is -2.08. The summed E-state index contributed by atoms with van der Waals surface area (Å²) >= 11 is 1.57. The van der Waals surface area contributed by atoms with E-state index in [1.165, 1.54) is 0 Å². The SMILES string of the molecule is Cc1nnc(COC(=O)c2cc(-c3cccs3)nc3ccccc23)o1. The molecule has 0 aliphatic rings. The second kappa shape index (κ2) is 6.45. The molecule has 6 nitrogen and oxygen atoms in total. The Hall–Kier alpha value is -3.06. The first-order valence-electron chi connectivity index (χ1n) is 7.60. The van der Waals surface area contributed by atoms with E-state index in [4.69, 9.17) is 9.15 Å². The third kappa shape index (κ3) is 3.14. The van der Waals surface area contributed by atoms with Gasteiger partial charge in [0.05, 0.1) is 21.7 Å². The van der Waals surface area contributed by atoms with E-state index in [0.29, 0.717) is 11.5 Å². The van der Waals surface area contributed by atoms with Crippen LogP contribution in [0.3, 0.4) is 0 Å². The van der Waals surface area contributed by atoms with Crippen LogP contribution < -0.4 is 0 Å². The van der Waals surface area contributed by atoms with Gasteiger partial charge in [0.15, 0.2) is 6.61 Å². The lowest BCUT2D eigenvalue weighted by molar-refractivity contribution is 0.0439. The van der Waals surface area contributed by atoms with Gasteiger partial charge in [0.25, 0.3) is 5.89 Å². The normalized spacial score (nSPS) is 10.9. The standard InChI is InChI=1S/C18H13N3O3S/c1-11-20-21-17(24-11)10-23-18(22)13-9-15(16-7-4-8-25-16)19-14-6-3-2-5-12(13)14/h2-9H,10H2,1H3. The van der Waals surface area contributed by atoms with Crippen LogP contribution in [-0.2, 0) is 11.3 Å². The Labute approximate surface area is 147 Å². The molecule has 25 heavy (non-hydrogen) atoms. The van der Waals surface area contributed by atoms with E-state index in [9.17, 15) is 4.79 Å². The summed E-state index contributed by atoms with van der Waals surface area (Å²) in [5, 5.41) is 10.3. The fourth-order valence-electron chi connectivity index (χ4n) is 2.50. The monoisotopic (exact) mass is 351 g/mol.